The van der Waals surface area contributed by atoms with Gasteiger partial charge in [-0.1, -0.05) is 12.1 Å². The Balaban J connectivity index is 0.00000392. The Labute approximate surface area is 177 Å². The molecule has 3 N–H and O–H groups in total. The third-order valence-corrected chi connectivity index (χ3v) is 3.48. The van der Waals surface area contributed by atoms with E-state index in [1.165, 1.54) is 32.4 Å². The van der Waals surface area contributed by atoms with Crippen molar-refractivity contribution in [1.29, 1.82) is 0 Å². The van der Waals surface area contributed by atoms with Crippen LogP contribution in [0.25, 0.3) is 0 Å². The molecule has 0 aliphatic carbocycles. The molecular formula is C18H21F3IN3O3. The number of alkyl halides is 3. The van der Waals surface area contributed by atoms with E-state index in [9.17, 15) is 13.2 Å². The second kappa shape index (κ2) is 10.8. The fourth-order valence-electron chi connectivity index (χ4n) is 2.25. The average Bonchev–Trinajstić information content (AvgIpc) is 2.64. The van der Waals surface area contributed by atoms with E-state index < -0.39 is 11.7 Å². The fraction of sp³-hybridized carbons (Fsp3) is 0.278. The van der Waals surface area contributed by atoms with Crippen LogP contribution in [0.2, 0.25) is 0 Å². The normalized spacial score (nSPS) is 11.4. The number of rotatable bonds is 7. The topological polar surface area (TPSA) is 78.1 Å². The third kappa shape index (κ3) is 6.66. The standard InChI is InChI=1S/C18H20F3N3O3.HI/c1-25-15-8-7-12(11-16(15)26-2)24-17(22)23-9-10-27-14-6-4-3-5-13(14)18(19,20)21;/h3-8,11H,9-10H2,1-2H3,(H3,22,23,24);1H. The molecule has 0 radical (unpaired) electrons. The van der Waals surface area contributed by atoms with E-state index in [4.69, 9.17) is 19.9 Å². The lowest BCUT2D eigenvalue weighted by Crippen LogP contribution is -2.23. The molecule has 154 valence electrons. The lowest BCUT2D eigenvalue weighted by molar-refractivity contribution is -0.138. The zero-order valence-corrected chi connectivity index (χ0v) is 17.6. The Hall–Kier alpha value is -2.37. The van der Waals surface area contributed by atoms with Crippen LogP contribution in [0.1, 0.15) is 5.56 Å². The first-order chi connectivity index (χ1) is 12.8. The summed E-state index contributed by atoms with van der Waals surface area (Å²) in [6.07, 6.45) is -4.48. The molecule has 10 heteroatoms. The van der Waals surface area contributed by atoms with Crippen molar-refractivity contribution in [2.75, 3.05) is 32.7 Å². The number of ether oxygens (including phenoxy) is 3. The fourth-order valence-corrected chi connectivity index (χ4v) is 2.25. The number of benzene rings is 2. The molecule has 0 heterocycles. The summed E-state index contributed by atoms with van der Waals surface area (Å²) in [5.74, 6) is 0.930. The van der Waals surface area contributed by atoms with Crippen LogP contribution in [-0.2, 0) is 6.18 Å². The second-order valence-electron chi connectivity index (χ2n) is 5.30. The number of nitrogens with one attached hydrogen (secondary N) is 1. The predicted octanol–water partition coefficient (Wildman–Crippen LogP) is 4.15. The number of methoxy groups -OCH3 is 2. The molecule has 0 aromatic heterocycles. The molecule has 2 rings (SSSR count). The van der Waals surface area contributed by atoms with E-state index in [-0.39, 0.29) is 48.8 Å². The highest BCUT2D eigenvalue weighted by Gasteiger charge is 2.33. The lowest BCUT2D eigenvalue weighted by Gasteiger charge is -2.13. The Morgan fingerprint density at radius 2 is 1.71 bits per heavy atom. The van der Waals surface area contributed by atoms with E-state index >= 15 is 0 Å². The van der Waals surface area contributed by atoms with Gasteiger partial charge >= 0.3 is 6.18 Å². The maximum Gasteiger partial charge on any atom is 0.419 e. The van der Waals surface area contributed by atoms with Crippen LogP contribution in [-0.4, -0.2) is 33.3 Å². The van der Waals surface area contributed by atoms with Crippen LogP contribution in [0.5, 0.6) is 17.2 Å². The first-order valence-corrected chi connectivity index (χ1v) is 7.93. The van der Waals surface area contributed by atoms with Gasteiger partial charge in [-0.15, -0.1) is 24.0 Å². The quantitative estimate of drug-likeness (QED) is 0.253. The monoisotopic (exact) mass is 511 g/mol. The van der Waals surface area contributed by atoms with Crippen molar-refractivity contribution in [2.24, 2.45) is 10.7 Å². The van der Waals surface area contributed by atoms with Crippen LogP contribution in [0.3, 0.4) is 0 Å². The van der Waals surface area contributed by atoms with E-state index in [1.54, 1.807) is 18.2 Å². The van der Waals surface area contributed by atoms with Crippen LogP contribution < -0.4 is 25.3 Å². The minimum absolute atomic E-state index is 0. The van der Waals surface area contributed by atoms with E-state index in [0.29, 0.717) is 17.2 Å². The summed E-state index contributed by atoms with van der Waals surface area (Å²) in [6.45, 7) is 0.0275. The minimum Gasteiger partial charge on any atom is -0.493 e. The zero-order valence-electron chi connectivity index (χ0n) is 15.2. The number of anilines is 1. The number of hydrogen-bond donors (Lipinski definition) is 2. The Bertz CT molecular complexity index is 801. The van der Waals surface area contributed by atoms with Crippen molar-refractivity contribution >= 4 is 35.6 Å². The van der Waals surface area contributed by atoms with Gasteiger partial charge < -0.3 is 25.3 Å². The molecule has 28 heavy (non-hydrogen) atoms. The van der Waals surface area contributed by atoms with Gasteiger partial charge in [-0.3, -0.25) is 0 Å². The number of aliphatic imine (C=N–C) groups is 1. The molecule has 6 nitrogen and oxygen atoms in total. The predicted molar refractivity (Wildman–Crippen MR) is 112 cm³/mol. The molecule has 0 amide bonds. The Morgan fingerprint density at radius 1 is 1.04 bits per heavy atom. The molecule has 0 atom stereocenters. The summed E-state index contributed by atoms with van der Waals surface area (Å²) in [7, 11) is 3.03. The molecule has 0 aliphatic heterocycles. The van der Waals surface area contributed by atoms with E-state index in [0.717, 1.165) is 6.07 Å². The maximum atomic E-state index is 12.9. The van der Waals surface area contributed by atoms with E-state index in [1.807, 2.05) is 0 Å². The first kappa shape index (κ1) is 23.7. The largest absolute Gasteiger partial charge is 0.493 e. The summed E-state index contributed by atoms with van der Waals surface area (Å²) in [5, 5.41) is 2.86. The summed E-state index contributed by atoms with van der Waals surface area (Å²) in [5.41, 5.74) is 5.57. The maximum absolute atomic E-state index is 12.9. The van der Waals surface area contributed by atoms with Crippen LogP contribution in [0.15, 0.2) is 47.5 Å². The minimum atomic E-state index is -4.48. The molecule has 2 aromatic carbocycles. The molecule has 0 unspecified atom stereocenters. The van der Waals surface area contributed by atoms with Crippen molar-refractivity contribution in [2.45, 2.75) is 6.18 Å². The van der Waals surface area contributed by atoms with Crippen LogP contribution in [0, 0.1) is 0 Å². The SMILES string of the molecule is COc1ccc(NC(N)=NCCOc2ccccc2C(F)(F)F)cc1OC.I. The van der Waals surface area contributed by atoms with E-state index in [2.05, 4.69) is 10.3 Å². The number of nitrogens with two attached hydrogens (primary N) is 1. The molecule has 0 bridgehead atoms. The smallest absolute Gasteiger partial charge is 0.419 e. The highest BCUT2D eigenvalue weighted by atomic mass is 127. The van der Waals surface area contributed by atoms with Crippen molar-refractivity contribution in [3.8, 4) is 17.2 Å². The van der Waals surface area contributed by atoms with Gasteiger partial charge in [-0.25, -0.2) is 4.99 Å². The summed E-state index contributed by atoms with van der Waals surface area (Å²) < 4.78 is 54.2. The summed E-state index contributed by atoms with van der Waals surface area (Å²) in [4.78, 5) is 4.03. The molecule has 2 aromatic rings. The highest BCUT2D eigenvalue weighted by Crippen LogP contribution is 2.35. The molecule has 0 aliphatic rings. The van der Waals surface area contributed by atoms with Gasteiger partial charge in [-0.05, 0) is 24.3 Å². The second-order valence-corrected chi connectivity index (χ2v) is 5.30. The molecule has 0 saturated carbocycles. The molecular weight excluding hydrogens is 490 g/mol. The van der Waals surface area contributed by atoms with Crippen molar-refractivity contribution < 1.29 is 27.4 Å². The van der Waals surface area contributed by atoms with Gasteiger partial charge in [0.05, 0.1) is 26.3 Å². The van der Waals surface area contributed by atoms with Crippen LogP contribution >= 0.6 is 24.0 Å². The van der Waals surface area contributed by atoms with Crippen molar-refractivity contribution in [3.63, 3.8) is 0 Å². The first-order valence-electron chi connectivity index (χ1n) is 7.93. The van der Waals surface area contributed by atoms with Gasteiger partial charge in [0, 0.05) is 11.8 Å². The molecule has 0 saturated heterocycles. The van der Waals surface area contributed by atoms with Crippen molar-refractivity contribution in [3.05, 3.63) is 48.0 Å². The van der Waals surface area contributed by atoms with Gasteiger partial charge in [0.25, 0.3) is 0 Å². The number of para-hydroxylation sites is 1. The molecule has 0 fully saturated rings. The Morgan fingerprint density at radius 3 is 2.36 bits per heavy atom. The van der Waals surface area contributed by atoms with Gasteiger partial charge in [-0.2, -0.15) is 13.2 Å². The number of hydrogen-bond acceptors (Lipinski definition) is 4. The highest BCUT2D eigenvalue weighted by molar-refractivity contribution is 14.0. The summed E-state index contributed by atoms with van der Waals surface area (Å²) >= 11 is 0. The third-order valence-electron chi connectivity index (χ3n) is 3.48. The zero-order chi connectivity index (χ0) is 19.9. The van der Waals surface area contributed by atoms with Gasteiger partial charge in [0.1, 0.15) is 12.4 Å². The number of halogens is 4. The van der Waals surface area contributed by atoms with Crippen molar-refractivity contribution in [1.82, 2.24) is 0 Å². The van der Waals surface area contributed by atoms with Gasteiger partial charge in [0.15, 0.2) is 17.5 Å². The summed E-state index contributed by atoms with van der Waals surface area (Å²) in [6, 6.07) is 10.1. The number of guanidine groups is 1. The lowest BCUT2D eigenvalue weighted by atomic mass is 10.2. The van der Waals surface area contributed by atoms with Gasteiger partial charge in [0.2, 0.25) is 0 Å². The number of nitrogens with zero attached hydrogens (tertiary/aromatic N) is 1. The van der Waals surface area contributed by atoms with Crippen LogP contribution in [0.4, 0.5) is 18.9 Å². The average molecular weight is 511 g/mol. The Kier molecular flexibility index (Phi) is 9.16. The molecule has 0 spiro atoms.